The Labute approximate surface area is 201 Å². The Morgan fingerprint density at radius 2 is 1.88 bits per heavy atom. The molecule has 9 heteroatoms. The molecule has 0 spiro atoms. The summed E-state index contributed by atoms with van der Waals surface area (Å²) in [7, 11) is 0. The number of carbonyl (C=O) groups is 3. The first-order valence-corrected chi connectivity index (χ1v) is 12.0. The zero-order chi connectivity index (χ0) is 25.5. The minimum Gasteiger partial charge on any atom is -0.508 e. The Balaban J connectivity index is 2.41. The number of rotatable bonds is 10. The summed E-state index contributed by atoms with van der Waals surface area (Å²) in [5.41, 5.74) is -0.324. The molecule has 1 aromatic carbocycles. The lowest BCUT2D eigenvalue weighted by Gasteiger charge is -2.43. The number of hydrogen-bond acceptors (Lipinski definition) is 6. The number of aliphatic hydroxyl groups is 1. The molecule has 1 aliphatic rings. The number of alkyl carbamates (subject to hydrolysis) is 1. The molecule has 190 valence electrons. The van der Waals surface area contributed by atoms with Crippen molar-refractivity contribution >= 4 is 17.9 Å². The number of hydrogen-bond donors (Lipinski definition) is 4. The zero-order valence-electron chi connectivity index (χ0n) is 20.8. The molecule has 3 atom stereocenters. The maximum atomic E-state index is 13.7. The molecule has 1 aliphatic carbocycles. The normalized spacial score (nSPS) is 16.5. The molecule has 0 heterocycles. The summed E-state index contributed by atoms with van der Waals surface area (Å²) in [5.74, 6) is -0.978. The van der Waals surface area contributed by atoms with E-state index in [1.54, 1.807) is 32.9 Å². The van der Waals surface area contributed by atoms with Gasteiger partial charge in [-0.15, -0.1) is 0 Å². The molecule has 1 fully saturated rings. The van der Waals surface area contributed by atoms with E-state index in [9.17, 15) is 24.6 Å². The largest absolute Gasteiger partial charge is 0.508 e. The quantitative estimate of drug-likeness (QED) is 0.410. The van der Waals surface area contributed by atoms with Crippen molar-refractivity contribution in [2.24, 2.45) is 0 Å². The van der Waals surface area contributed by atoms with Gasteiger partial charge in [-0.3, -0.25) is 9.59 Å². The zero-order valence-corrected chi connectivity index (χ0v) is 20.8. The third-order valence-electron chi connectivity index (χ3n) is 5.72. The molecule has 0 bridgehead atoms. The van der Waals surface area contributed by atoms with Crippen LogP contribution in [0.15, 0.2) is 24.3 Å². The Bertz CT molecular complexity index is 849. The van der Waals surface area contributed by atoms with Gasteiger partial charge in [0, 0.05) is 12.1 Å². The predicted molar refractivity (Wildman–Crippen MR) is 128 cm³/mol. The molecule has 0 radical (unpaired) electrons. The highest BCUT2D eigenvalue weighted by atomic mass is 16.6. The van der Waals surface area contributed by atoms with Crippen molar-refractivity contribution in [2.45, 2.75) is 96.5 Å². The second kappa shape index (κ2) is 12.1. The first-order valence-electron chi connectivity index (χ1n) is 12.0. The van der Waals surface area contributed by atoms with Gasteiger partial charge in [-0.1, -0.05) is 25.5 Å². The number of nitrogens with zero attached hydrogens (tertiary/aromatic N) is 1. The number of carbonyl (C=O) groups excluding carboxylic acids is 3. The monoisotopic (exact) mass is 477 g/mol. The van der Waals surface area contributed by atoms with Crippen LogP contribution in [-0.4, -0.2) is 63.4 Å². The summed E-state index contributed by atoms with van der Waals surface area (Å²) in [5, 5.41) is 25.4. The van der Waals surface area contributed by atoms with Crippen molar-refractivity contribution in [3.63, 3.8) is 0 Å². The van der Waals surface area contributed by atoms with Gasteiger partial charge in [-0.2, -0.15) is 0 Å². The van der Waals surface area contributed by atoms with E-state index in [2.05, 4.69) is 10.6 Å². The van der Waals surface area contributed by atoms with Gasteiger partial charge in [0.15, 0.2) is 0 Å². The third-order valence-corrected chi connectivity index (χ3v) is 5.72. The van der Waals surface area contributed by atoms with Crippen LogP contribution in [0.2, 0.25) is 0 Å². The van der Waals surface area contributed by atoms with Crippen molar-refractivity contribution in [2.75, 3.05) is 6.61 Å². The molecule has 0 aliphatic heterocycles. The van der Waals surface area contributed by atoms with Crippen LogP contribution >= 0.6 is 0 Å². The van der Waals surface area contributed by atoms with Gasteiger partial charge in [0.25, 0.3) is 0 Å². The summed E-state index contributed by atoms with van der Waals surface area (Å²) in [4.78, 5) is 40.9. The highest BCUT2D eigenvalue weighted by Gasteiger charge is 2.42. The van der Waals surface area contributed by atoms with Crippen molar-refractivity contribution < 1.29 is 29.3 Å². The Kier molecular flexibility index (Phi) is 9.73. The average molecular weight is 478 g/mol. The fraction of sp³-hybridized carbons (Fsp3) is 0.640. The van der Waals surface area contributed by atoms with E-state index in [0.29, 0.717) is 18.4 Å². The standard InChI is InChI=1S/C25H39N3O6/c1-6-9-16(2)26-22(31)21(17-10-7-13-19(30)14-17)28(18-11-8-12-18)23(32)20(15-29)27-24(33)34-25(3,4)5/h7,10,13-14,16,18,20-21,29-30H,6,8-9,11-12,15H2,1-5H3,(H,26,31)(H,27,33). The summed E-state index contributed by atoms with van der Waals surface area (Å²) in [6.07, 6.45) is 3.12. The summed E-state index contributed by atoms with van der Waals surface area (Å²) in [6, 6.07) is 3.60. The highest BCUT2D eigenvalue weighted by molar-refractivity contribution is 5.92. The number of phenolic OH excluding ortho intramolecular Hbond substituents is 1. The Morgan fingerprint density at radius 1 is 1.21 bits per heavy atom. The molecule has 1 saturated carbocycles. The number of amides is 3. The molecule has 2 rings (SSSR count). The fourth-order valence-corrected chi connectivity index (χ4v) is 3.96. The number of aromatic hydroxyl groups is 1. The topological polar surface area (TPSA) is 128 Å². The maximum absolute atomic E-state index is 13.7. The van der Waals surface area contributed by atoms with E-state index in [1.807, 2.05) is 13.8 Å². The summed E-state index contributed by atoms with van der Waals surface area (Å²) in [6.45, 7) is 8.36. The van der Waals surface area contributed by atoms with E-state index in [-0.39, 0.29) is 23.7 Å². The van der Waals surface area contributed by atoms with Gasteiger partial charge < -0.3 is 30.5 Å². The minimum absolute atomic E-state index is 0.0245. The third kappa shape index (κ3) is 7.62. The number of ether oxygens (including phenoxy) is 1. The maximum Gasteiger partial charge on any atom is 0.408 e. The van der Waals surface area contributed by atoms with Crippen LogP contribution in [-0.2, 0) is 14.3 Å². The van der Waals surface area contributed by atoms with Crippen LogP contribution in [0, 0.1) is 0 Å². The van der Waals surface area contributed by atoms with Gasteiger partial charge >= 0.3 is 6.09 Å². The number of nitrogens with one attached hydrogen (secondary N) is 2. The van der Waals surface area contributed by atoms with E-state index in [0.717, 1.165) is 19.3 Å². The van der Waals surface area contributed by atoms with Crippen LogP contribution in [0.3, 0.4) is 0 Å². The van der Waals surface area contributed by atoms with Crippen molar-refractivity contribution in [3.8, 4) is 5.75 Å². The number of aliphatic hydroxyl groups excluding tert-OH is 1. The average Bonchev–Trinajstić information content (AvgIpc) is 2.68. The lowest BCUT2D eigenvalue weighted by Crippen LogP contribution is -2.58. The van der Waals surface area contributed by atoms with Gasteiger partial charge in [0.2, 0.25) is 11.8 Å². The molecule has 0 aromatic heterocycles. The van der Waals surface area contributed by atoms with Gasteiger partial charge in [0.1, 0.15) is 23.4 Å². The Hall–Kier alpha value is -2.81. The van der Waals surface area contributed by atoms with Gasteiger partial charge in [0.05, 0.1) is 6.61 Å². The first kappa shape index (κ1) is 27.4. The lowest BCUT2D eigenvalue weighted by atomic mass is 9.88. The fourth-order valence-electron chi connectivity index (χ4n) is 3.96. The van der Waals surface area contributed by atoms with E-state index in [1.165, 1.54) is 17.0 Å². The Morgan fingerprint density at radius 3 is 2.38 bits per heavy atom. The lowest BCUT2D eigenvalue weighted by molar-refractivity contribution is -0.148. The van der Waals surface area contributed by atoms with Crippen LogP contribution < -0.4 is 10.6 Å². The second-order valence-corrected chi connectivity index (χ2v) is 9.91. The smallest absolute Gasteiger partial charge is 0.408 e. The molecular formula is C25H39N3O6. The van der Waals surface area contributed by atoms with E-state index < -0.39 is 36.3 Å². The van der Waals surface area contributed by atoms with Crippen molar-refractivity contribution in [1.82, 2.24) is 15.5 Å². The van der Waals surface area contributed by atoms with Gasteiger partial charge in [-0.25, -0.2) is 4.79 Å². The number of phenols is 1. The molecular weight excluding hydrogens is 438 g/mol. The minimum atomic E-state index is -1.28. The predicted octanol–water partition coefficient (Wildman–Crippen LogP) is 3.00. The molecule has 3 unspecified atom stereocenters. The van der Waals surface area contributed by atoms with Gasteiger partial charge in [-0.05, 0) is 71.1 Å². The van der Waals surface area contributed by atoms with Crippen molar-refractivity contribution in [1.29, 1.82) is 0 Å². The molecule has 0 saturated heterocycles. The van der Waals surface area contributed by atoms with Crippen LogP contribution in [0.4, 0.5) is 4.79 Å². The molecule has 34 heavy (non-hydrogen) atoms. The second-order valence-electron chi connectivity index (χ2n) is 9.91. The van der Waals surface area contributed by atoms with E-state index >= 15 is 0 Å². The first-order chi connectivity index (χ1) is 16.0. The highest BCUT2D eigenvalue weighted by Crippen LogP contribution is 2.34. The van der Waals surface area contributed by atoms with E-state index in [4.69, 9.17) is 4.74 Å². The summed E-state index contributed by atoms with van der Waals surface area (Å²) >= 11 is 0. The van der Waals surface area contributed by atoms with Crippen LogP contribution in [0.5, 0.6) is 5.75 Å². The van der Waals surface area contributed by atoms with Crippen molar-refractivity contribution in [3.05, 3.63) is 29.8 Å². The SMILES string of the molecule is CCCC(C)NC(=O)C(c1cccc(O)c1)N(C(=O)C(CO)NC(=O)OC(C)(C)C)C1CCC1. The molecule has 1 aromatic rings. The number of benzene rings is 1. The van der Waals surface area contributed by atoms with Crippen LogP contribution in [0.25, 0.3) is 0 Å². The van der Waals surface area contributed by atoms with Crippen LogP contribution in [0.1, 0.15) is 78.3 Å². The molecule has 4 N–H and O–H groups in total. The summed E-state index contributed by atoms with van der Waals surface area (Å²) < 4.78 is 5.24. The molecule has 3 amide bonds. The molecule has 9 nitrogen and oxygen atoms in total.